The van der Waals surface area contributed by atoms with Gasteiger partial charge in [0.15, 0.2) is 0 Å². The van der Waals surface area contributed by atoms with Gasteiger partial charge in [-0.1, -0.05) is 13.8 Å². The summed E-state index contributed by atoms with van der Waals surface area (Å²) in [6.07, 6.45) is -0.695. The first-order valence-corrected chi connectivity index (χ1v) is 8.81. The number of methoxy groups -OCH3 is 2. The van der Waals surface area contributed by atoms with Gasteiger partial charge in [0, 0.05) is 11.6 Å². The van der Waals surface area contributed by atoms with Crippen LogP contribution in [0.3, 0.4) is 0 Å². The normalized spacial score (nSPS) is 13.2. The third kappa shape index (κ3) is 5.92. The van der Waals surface area contributed by atoms with Crippen molar-refractivity contribution in [3.05, 3.63) is 23.8 Å². The van der Waals surface area contributed by atoms with Gasteiger partial charge in [-0.05, 0) is 45.7 Å². The molecule has 1 atom stereocenters. The highest BCUT2D eigenvalue weighted by molar-refractivity contribution is 5.85. The first-order valence-electron chi connectivity index (χ1n) is 8.81. The zero-order valence-electron chi connectivity index (χ0n) is 17.9. The third-order valence-electron chi connectivity index (χ3n) is 4.55. The molecular weight excluding hydrogens is 386 g/mol. The van der Waals surface area contributed by atoms with Crippen LogP contribution in [-0.2, 0) is 16.1 Å². The Labute approximate surface area is 173 Å². The standard InChI is InChI=1S/C20H31NO6.ClH/c1-13(2)20(6,17(22)23)21(18(24)27-19(3,4)5)12-14-9-10-15(25-7)11-16(14)26-8;/h9-11,13H,12H2,1-8H3,(H,22,23);1H/t20-;/m0./s1. The van der Waals surface area contributed by atoms with Crippen LogP contribution in [0.2, 0.25) is 0 Å². The number of aliphatic carboxylic acids is 1. The van der Waals surface area contributed by atoms with Crippen molar-refractivity contribution in [3.63, 3.8) is 0 Å². The summed E-state index contributed by atoms with van der Waals surface area (Å²) in [5.41, 5.74) is -1.57. The monoisotopic (exact) mass is 417 g/mol. The van der Waals surface area contributed by atoms with E-state index in [1.807, 2.05) is 0 Å². The van der Waals surface area contributed by atoms with Crippen molar-refractivity contribution in [1.29, 1.82) is 0 Å². The molecule has 8 heteroatoms. The number of ether oxygens (including phenoxy) is 3. The molecule has 160 valence electrons. The van der Waals surface area contributed by atoms with E-state index in [1.54, 1.807) is 59.9 Å². The van der Waals surface area contributed by atoms with Gasteiger partial charge < -0.3 is 19.3 Å². The molecule has 0 spiro atoms. The molecule has 0 bridgehead atoms. The van der Waals surface area contributed by atoms with Crippen LogP contribution in [0.1, 0.15) is 47.1 Å². The van der Waals surface area contributed by atoms with Crippen LogP contribution in [-0.4, -0.2) is 47.4 Å². The molecule has 1 N–H and O–H groups in total. The number of carbonyl (C=O) groups is 2. The summed E-state index contributed by atoms with van der Waals surface area (Å²) in [6, 6.07) is 5.17. The van der Waals surface area contributed by atoms with E-state index in [0.29, 0.717) is 17.1 Å². The lowest BCUT2D eigenvalue weighted by atomic mass is 9.86. The first-order chi connectivity index (χ1) is 12.4. The van der Waals surface area contributed by atoms with Gasteiger partial charge in [-0.3, -0.25) is 4.90 Å². The molecule has 0 saturated carbocycles. The van der Waals surface area contributed by atoms with Crippen molar-refractivity contribution < 1.29 is 28.9 Å². The van der Waals surface area contributed by atoms with Crippen molar-refractivity contribution >= 4 is 24.5 Å². The number of amides is 1. The molecule has 0 fully saturated rings. The zero-order valence-corrected chi connectivity index (χ0v) is 18.7. The Bertz CT molecular complexity index is 686. The predicted molar refractivity (Wildman–Crippen MR) is 109 cm³/mol. The maximum Gasteiger partial charge on any atom is 0.411 e. The summed E-state index contributed by atoms with van der Waals surface area (Å²) in [5.74, 6) is -0.355. The SMILES string of the molecule is COc1ccc(CN(C(=O)OC(C)(C)C)[C@](C)(C(=O)O)C(C)C)c(OC)c1.Cl. The fourth-order valence-corrected chi connectivity index (χ4v) is 2.56. The average Bonchev–Trinajstić information content (AvgIpc) is 2.56. The molecule has 1 rings (SSSR count). The molecule has 0 aliphatic rings. The lowest BCUT2D eigenvalue weighted by Gasteiger charge is -2.41. The van der Waals surface area contributed by atoms with Gasteiger partial charge in [-0.2, -0.15) is 0 Å². The van der Waals surface area contributed by atoms with Gasteiger partial charge in [0.2, 0.25) is 0 Å². The van der Waals surface area contributed by atoms with E-state index in [4.69, 9.17) is 14.2 Å². The van der Waals surface area contributed by atoms with Crippen LogP contribution < -0.4 is 9.47 Å². The first kappa shape index (κ1) is 25.9. The minimum Gasteiger partial charge on any atom is -0.497 e. The lowest BCUT2D eigenvalue weighted by Crippen LogP contribution is -2.58. The van der Waals surface area contributed by atoms with Crippen molar-refractivity contribution in [2.75, 3.05) is 14.2 Å². The number of nitrogens with zero attached hydrogens (tertiary/aromatic N) is 1. The van der Waals surface area contributed by atoms with Crippen molar-refractivity contribution in [2.45, 2.75) is 59.2 Å². The maximum atomic E-state index is 12.9. The Morgan fingerprint density at radius 3 is 2.07 bits per heavy atom. The topological polar surface area (TPSA) is 85.3 Å². The number of hydrogen-bond donors (Lipinski definition) is 1. The number of halogens is 1. The molecular formula is C20H32ClNO6. The van der Waals surface area contributed by atoms with E-state index < -0.39 is 23.2 Å². The van der Waals surface area contributed by atoms with Crippen LogP contribution in [0.4, 0.5) is 4.79 Å². The highest BCUT2D eigenvalue weighted by Gasteiger charge is 2.47. The Morgan fingerprint density at radius 2 is 1.68 bits per heavy atom. The quantitative estimate of drug-likeness (QED) is 0.709. The fraction of sp³-hybridized carbons (Fsp3) is 0.600. The third-order valence-corrected chi connectivity index (χ3v) is 4.55. The number of carboxylic acid groups (broad SMARTS) is 1. The van der Waals surface area contributed by atoms with Gasteiger partial charge in [0.25, 0.3) is 0 Å². The van der Waals surface area contributed by atoms with Gasteiger partial charge >= 0.3 is 12.1 Å². The molecule has 0 saturated heterocycles. The second kappa shape index (κ2) is 9.87. The Balaban J connectivity index is 0.00000729. The molecule has 1 aromatic carbocycles. The van der Waals surface area contributed by atoms with Crippen LogP contribution in [0.5, 0.6) is 11.5 Å². The minimum atomic E-state index is -1.47. The summed E-state index contributed by atoms with van der Waals surface area (Å²) in [5, 5.41) is 9.91. The highest BCUT2D eigenvalue weighted by Crippen LogP contribution is 2.32. The Hall–Kier alpha value is -2.15. The fourth-order valence-electron chi connectivity index (χ4n) is 2.56. The summed E-state index contributed by atoms with van der Waals surface area (Å²) < 4.78 is 16.1. The highest BCUT2D eigenvalue weighted by atomic mass is 35.5. The molecule has 1 amide bonds. The van der Waals surface area contributed by atoms with E-state index in [2.05, 4.69) is 0 Å². The summed E-state index contributed by atoms with van der Waals surface area (Å²) >= 11 is 0. The Morgan fingerprint density at radius 1 is 1.11 bits per heavy atom. The molecule has 0 unspecified atom stereocenters. The van der Waals surface area contributed by atoms with Crippen LogP contribution >= 0.6 is 12.4 Å². The van der Waals surface area contributed by atoms with E-state index in [0.717, 1.165) is 0 Å². The van der Waals surface area contributed by atoms with E-state index in [1.165, 1.54) is 18.9 Å². The number of hydrogen-bond acceptors (Lipinski definition) is 5. The Kier molecular flexibility index (Phi) is 9.11. The maximum absolute atomic E-state index is 12.9. The lowest BCUT2D eigenvalue weighted by molar-refractivity contribution is -0.153. The van der Waals surface area contributed by atoms with Crippen molar-refractivity contribution in [1.82, 2.24) is 4.90 Å². The second-order valence-electron chi connectivity index (χ2n) is 7.85. The van der Waals surface area contributed by atoms with E-state index in [9.17, 15) is 14.7 Å². The van der Waals surface area contributed by atoms with E-state index in [-0.39, 0.29) is 24.9 Å². The van der Waals surface area contributed by atoms with Gasteiger partial charge in [0.05, 0.1) is 20.8 Å². The summed E-state index contributed by atoms with van der Waals surface area (Å²) in [4.78, 5) is 26.3. The van der Waals surface area contributed by atoms with E-state index >= 15 is 0 Å². The number of carbonyl (C=O) groups excluding carboxylic acids is 1. The number of carboxylic acids is 1. The largest absolute Gasteiger partial charge is 0.497 e. The van der Waals surface area contributed by atoms with Gasteiger partial charge in [0.1, 0.15) is 22.6 Å². The molecule has 28 heavy (non-hydrogen) atoms. The molecule has 1 aromatic rings. The van der Waals surface area contributed by atoms with Crippen LogP contribution in [0.25, 0.3) is 0 Å². The van der Waals surface area contributed by atoms with Gasteiger partial charge in [-0.25, -0.2) is 9.59 Å². The van der Waals surface area contributed by atoms with Crippen LogP contribution in [0.15, 0.2) is 18.2 Å². The summed E-state index contributed by atoms with van der Waals surface area (Å²) in [6.45, 7) is 10.3. The predicted octanol–water partition coefficient (Wildman–Crippen LogP) is 4.36. The molecule has 0 aromatic heterocycles. The van der Waals surface area contributed by atoms with Crippen LogP contribution in [0, 0.1) is 5.92 Å². The second-order valence-corrected chi connectivity index (χ2v) is 7.85. The smallest absolute Gasteiger partial charge is 0.411 e. The zero-order chi connectivity index (χ0) is 21.0. The molecule has 7 nitrogen and oxygen atoms in total. The van der Waals surface area contributed by atoms with Gasteiger partial charge in [-0.15, -0.1) is 12.4 Å². The summed E-state index contributed by atoms with van der Waals surface area (Å²) in [7, 11) is 3.05. The molecule has 0 aliphatic heterocycles. The molecule has 0 radical (unpaired) electrons. The number of rotatable bonds is 7. The van der Waals surface area contributed by atoms with Crippen molar-refractivity contribution in [2.24, 2.45) is 5.92 Å². The van der Waals surface area contributed by atoms with Crippen molar-refractivity contribution in [3.8, 4) is 11.5 Å². The average molecular weight is 418 g/mol. The minimum absolute atomic E-state index is 0. The molecule has 0 heterocycles. The molecule has 0 aliphatic carbocycles. The number of benzene rings is 1.